The minimum atomic E-state index is 0.302. The van der Waals surface area contributed by atoms with E-state index in [0.29, 0.717) is 18.5 Å². The Hall–Kier alpha value is -3.00. The van der Waals surface area contributed by atoms with E-state index in [1.165, 1.54) is 0 Å². The van der Waals surface area contributed by atoms with Gasteiger partial charge in [-0.05, 0) is 31.0 Å². The standard InChI is InChI=1S/C18H21N7O/c1-4-14(17(19-7-1)25-10-3-8-22-25)12-21-18-20-9-6-16(24-18)23-15-5-2-11-26-13-15/h1,3-4,6-10,15H,2,5,11-13H2,(H2,20,21,23,24). The maximum atomic E-state index is 5.50. The van der Waals surface area contributed by atoms with Crippen molar-refractivity contribution in [2.75, 3.05) is 23.8 Å². The van der Waals surface area contributed by atoms with Crippen LogP contribution in [0.1, 0.15) is 18.4 Å². The van der Waals surface area contributed by atoms with Crippen molar-refractivity contribution in [1.82, 2.24) is 24.7 Å². The van der Waals surface area contributed by atoms with E-state index in [1.54, 1.807) is 23.3 Å². The van der Waals surface area contributed by atoms with Crippen molar-refractivity contribution in [3.05, 3.63) is 54.6 Å². The molecule has 0 aromatic carbocycles. The molecule has 4 rings (SSSR count). The number of aromatic nitrogens is 5. The lowest BCUT2D eigenvalue weighted by molar-refractivity contribution is 0.0875. The van der Waals surface area contributed by atoms with Gasteiger partial charge in [-0.25, -0.2) is 14.6 Å². The molecule has 0 spiro atoms. The van der Waals surface area contributed by atoms with Crippen LogP contribution >= 0.6 is 0 Å². The number of pyridine rings is 1. The molecule has 3 aromatic heterocycles. The molecule has 1 unspecified atom stereocenters. The summed E-state index contributed by atoms with van der Waals surface area (Å²) in [7, 11) is 0. The summed E-state index contributed by atoms with van der Waals surface area (Å²) >= 11 is 0. The number of nitrogens with zero attached hydrogens (tertiary/aromatic N) is 5. The molecule has 1 saturated heterocycles. The third-order valence-corrected chi connectivity index (χ3v) is 4.19. The molecule has 1 aliphatic rings. The second-order valence-electron chi connectivity index (χ2n) is 6.11. The highest BCUT2D eigenvalue weighted by atomic mass is 16.5. The van der Waals surface area contributed by atoms with Crippen LogP contribution in [0.3, 0.4) is 0 Å². The van der Waals surface area contributed by atoms with E-state index in [2.05, 4.69) is 30.7 Å². The van der Waals surface area contributed by atoms with Gasteiger partial charge in [0.05, 0.1) is 12.6 Å². The average molecular weight is 351 g/mol. The van der Waals surface area contributed by atoms with Crippen LogP contribution in [0.25, 0.3) is 5.82 Å². The summed E-state index contributed by atoms with van der Waals surface area (Å²) in [6.07, 6.45) is 9.28. The third kappa shape index (κ3) is 3.97. The maximum Gasteiger partial charge on any atom is 0.224 e. The number of anilines is 2. The molecule has 4 heterocycles. The molecule has 0 radical (unpaired) electrons. The molecule has 0 amide bonds. The van der Waals surface area contributed by atoms with Crippen LogP contribution in [0, 0.1) is 0 Å². The first kappa shape index (κ1) is 16.5. The van der Waals surface area contributed by atoms with Gasteiger partial charge in [0.25, 0.3) is 0 Å². The first-order valence-corrected chi connectivity index (χ1v) is 8.73. The summed E-state index contributed by atoms with van der Waals surface area (Å²) in [6, 6.07) is 7.97. The van der Waals surface area contributed by atoms with Crippen molar-refractivity contribution in [2.24, 2.45) is 0 Å². The van der Waals surface area contributed by atoms with E-state index in [4.69, 9.17) is 4.74 Å². The lowest BCUT2D eigenvalue weighted by Gasteiger charge is -2.23. The van der Waals surface area contributed by atoms with Gasteiger partial charge in [-0.15, -0.1) is 0 Å². The molecule has 134 valence electrons. The fraction of sp³-hybridized carbons (Fsp3) is 0.333. The van der Waals surface area contributed by atoms with Crippen molar-refractivity contribution in [1.29, 1.82) is 0 Å². The predicted molar refractivity (Wildman–Crippen MR) is 98.2 cm³/mol. The number of nitrogens with one attached hydrogen (secondary N) is 2. The molecule has 3 aromatic rings. The van der Waals surface area contributed by atoms with Gasteiger partial charge in [0.15, 0.2) is 5.82 Å². The van der Waals surface area contributed by atoms with Gasteiger partial charge in [0.1, 0.15) is 5.82 Å². The second kappa shape index (κ2) is 7.92. The van der Waals surface area contributed by atoms with Gasteiger partial charge in [-0.3, -0.25) is 0 Å². The number of rotatable bonds is 6. The molecular weight excluding hydrogens is 330 g/mol. The average Bonchev–Trinajstić information content (AvgIpc) is 3.22. The minimum Gasteiger partial charge on any atom is -0.379 e. The molecule has 0 aliphatic carbocycles. The fourth-order valence-corrected chi connectivity index (χ4v) is 2.93. The Morgan fingerprint density at radius 3 is 3.00 bits per heavy atom. The Kier molecular flexibility index (Phi) is 5.02. The molecular formula is C18H21N7O. The Morgan fingerprint density at radius 2 is 2.15 bits per heavy atom. The molecule has 26 heavy (non-hydrogen) atoms. The van der Waals surface area contributed by atoms with Crippen LogP contribution in [-0.2, 0) is 11.3 Å². The van der Waals surface area contributed by atoms with Crippen LogP contribution in [0.4, 0.5) is 11.8 Å². The zero-order valence-corrected chi connectivity index (χ0v) is 14.4. The highest BCUT2D eigenvalue weighted by Gasteiger charge is 2.14. The summed E-state index contributed by atoms with van der Waals surface area (Å²) in [5, 5.41) is 10.9. The first-order valence-electron chi connectivity index (χ1n) is 8.73. The Bertz CT molecular complexity index is 831. The van der Waals surface area contributed by atoms with Crippen molar-refractivity contribution < 1.29 is 4.74 Å². The van der Waals surface area contributed by atoms with E-state index >= 15 is 0 Å². The van der Waals surface area contributed by atoms with Crippen molar-refractivity contribution in [3.63, 3.8) is 0 Å². The van der Waals surface area contributed by atoms with Gasteiger partial charge in [-0.1, -0.05) is 6.07 Å². The Labute approximate surface area is 151 Å². The lowest BCUT2D eigenvalue weighted by atomic mass is 10.1. The summed E-state index contributed by atoms with van der Waals surface area (Å²) in [4.78, 5) is 13.3. The predicted octanol–water partition coefficient (Wildman–Crippen LogP) is 2.26. The smallest absolute Gasteiger partial charge is 0.224 e. The Balaban J connectivity index is 1.43. The second-order valence-corrected chi connectivity index (χ2v) is 6.11. The van der Waals surface area contributed by atoms with E-state index in [0.717, 1.165) is 43.3 Å². The van der Waals surface area contributed by atoms with Gasteiger partial charge >= 0.3 is 0 Å². The van der Waals surface area contributed by atoms with Gasteiger partial charge in [0.2, 0.25) is 5.95 Å². The van der Waals surface area contributed by atoms with Gasteiger partial charge in [-0.2, -0.15) is 10.1 Å². The van der Waals surface area contributed by atoms with Crippen molar-refractivity contribution >= 4 is 11.8 Å². The van der Waals surface area contributed by atoms with Crippen LogP contribution in [0.5, 0.6) is 0 Å². The molecule has 8 nitrogen and oxygen atoms in total. The molecule has 8 heteroatoms. The zero-order valence-electron chi connectivity index (χ0n) is 14.4. The molecule has 0 bridgehead atoms. The largest absolute Gasteiger partial charge is 0.379 e. The Morgan fingerprint density at radius 1 is 1.15 bits per heavy atom. The van der Waals surface area contributed by atoms with Crippen molar-refractivity contribution in [3.8, 4) is 5.82 Å². The van der Waals surface area contributed by atoms with E-state index in [9.17, 15) is 0 Å². The van der Waals surface area contributed by atoms with Crippen LogP contribution in [0.15, 0.2) is 49.1 Å². The summed E-state index contributed by atoms with van der Waals surface area (Å²) in [5.41, 5.74) is 1.01. The molecule has 0 saturated carbocycles. The quantitative estimate of drug-likeness (QED) is 0.704. The lowest BCUT2D eigenvalue weighted by Crippen LogP contribution is -2.30. The van der Waals surface area contributed by atoms with Crippen LogP contribution in [0.2, 0.25) is 0 Å². The van der Waals surface area contributed by atoms with Crippen molar-refractivity contribution in [2.45, 2.75) is 25.4 Å². The van der Waals surface area contributed by atoms with E-state index in [1.807, 2.05) is 30.5 Å². The first-order chi connectivity index (χ1) is 12.9. The minimum absolute atomic E-state index is 0.302. The maximum absolute atomic E-state index is 5.50. The number of hydrogen-bond acceptors (Lipinski definition) is 7. The zero-order chi connectivity index (χ0) is 17.6. The summed E-state index contributed by atoms with van der Waals surface area (Å²) in [6.45, 7) is 2.12. The number of hydrogen-bond donors (Lipinski definition) is 2. The molecule has 1 atom stereocenters. The van der Waals surface area contributed by atoms with Gasteiger partial charge < -0.3 is 15.4 Å². The highest BCUT2D eigenvalue weighted by molar-refractivity contribution is 5.42. The van der Waals surface area contributed by atoms with Crippen LogP contribution in [-0.4, -0.2) is 44.0 Å². The molecule has 1 aliphatic heterocycles. The topological polar surface area (TPSA) is 89.8 Å². The monoisotopic (exact) mass is 351 g/mol. The number of ether oxygens (including phenoxy) is 1. The third-order valence-electron chi connectivity index (χ3n) is 4.19. The molecule has 2 N–H and O–H groups in total. The highest BCUT2D eigenvalue weighted by Crippen LogP contribution is 2.15. The summed E-state index contributed by atoms with van der Waals surface area (Å²) < 4.78 is 7.25. The van der Waals surface area contributed by atoms with Gasteiger partial charge in [0, 0.05) is 43.5 Å². The fourth-order valence-electron chi connectivity index (χ4n) is 2.93. The van der Waals surface area contributed by atoms with E-state index in [-0.39, 0.29) is 0 Å². The van der Waals surface area contributed by atoms with E-state index < -0.39 is 0 Å². The normalized spacial score (nSPS) is 17.0. The van der Waals surface area contributed by atoms with Crippen LogP contribution < -0.4 is 10.6 Å². The SMILES string of the molecule is c1cnc(-n2cccn2)c(CNc2nccc(NC3CCCOC3)n2)c1. The summed E-state index contributed by atoms with van der Waals surface area (Å²) in [5.74, 6) is 2.16. The molecule has 1 fully saturated rings.